The van der Waals surface area contributed by atoms with Crippen LogP contribution < -0.4 is 15.4 Å². The minimum absolute atomic E-state index is 0.135. The van der Waals surface area contributed by atoms with Crippen molar-refractivity contribution in [3.05, 3.63) is 34.8 Å². The lowest BCUT2D eigenvalue weighted by atomic mass is 10.1. The number of aromatic nitrogens is 2. The van der Waals surface area contributed by atoms with E-state index in [1.165, 1.54) is 11.3 Å². The summed E-state index contributed by atoms with van der Waals surface area (Å²) >= 11 is 1.26. The van der Waals surface area contributed by atoms with E-state index in [-0.39, 0.29) is 11.9 Å². The maximum atomic E-state index is 12.2. The van der Waals surface area contributed by atoms with E-state index in [2.05, 4.69) is 27.8 Å². The number of ether oxygens (including phenoxy) is 1. The van der Waals surface area contributed by atoms with E-state index in [0.29, 0.717) is 16.7 Å². The number of para-hydroxylation sites is 1. The molecule has 6 nitrogen and oxygen atoms in total. The standard InChI is InChI=1S/C14H16N4O2S/c1-2-7-15-14-18-17-13(21-14)12(19)16-10-8-20-11-6-4-3-5-9(10)11/h3-6,10H,2,7-8H2,1H3,(H,15,18)(H,16,19). The SMILES string of the molecule is CCCNc1nnc(C(=O)NC2COc3ccccc32)s1. The second kappa shape index (κ2) is 6.09. The van der Waals surface area contributed by atoms with Crippen LogP contribution in [-0.2, 0) is 0 Å². The zero-order valence-corrected chi connectivity index (χ0v) is 12.4. The molecular formula is C14H16N4O2S. The molecule has 1 aromatic carbocycles. The van der Waals surface area contributed by atoms with Gasteiger partial charge in [0, 0.05) is 12.1 Å². The van der Waals surface area contributed by atoms with E-state index in [1.807, 2.05) is 24.3 Å². The maximum absolute atomic E-state index is 12.2. The molecule has 1 atom stereocenters. The van der Waals surface area contributed by atoms with Crippen LogP contribution in [-0.4, -0.2) is 29.3 Å². The molecule has 110 valence electrons. The summed E-state index contributed by atoms with van der Waals surface area (Å²) in [6.45, 7) is 3.34. The minimum atomic E-state index is -0.220. The van der Waals surface area contributed by atoms with E-state index >= 15 is 0 Å². The molecule has 2 aromatic rings. The number of anilines is 1. The molecule has 1 aliphatic heterocycles. The molecule has 0 aliphatic carbocycles. The Labute approximate surface area is 126 Å². The summed E-state index contributed by atoms with van der Waals surface area (Å²) in [7, 11) is 0. The van der Waals surface area contributed by atoms with Crippen LogP contribution in [0.5, 0.6) is 5.75 Å². The molecule has 1 amide bonds. The predicted octanol–water partition coefficient (Wildman–Crippen LogP) is 2.22. The van der Waals surface area contributed by atoms with Gasteiger partial charge >= 0.3 is 0 Å². The Balaban J connectivity index is 1.66. The Morgan fingerprint density at radius 3 is 3.14 bits per heavy atom. The number of fused-ring (bicyclic) bond motifs is 1. The summed E-state index contributed by atoms with van der Waals surface area (Å²) in [6, 6.07) is 7.58. The smallest absolute Gasteiger partial charge is 0.282 e. The molecule has 0 bridgehead atoms. The van der Waals surface area contributed by atoms with Crippen LogP contribution in [0.2, 0.25) is 0 Å². The number of amides is 1. The van der Waals surface area contributed by atoms with Gasteiger partial charge in [-0.2, -0.15) is 0 Å². The molecule has 1 aliphatic rings. The fourth-order valence-corrected chi connectivity index (χ4v) is 2.79. The first kappa shape index (κ1) is 13.8. The Hall–Kier alpha value is -2.15. The lowest BCUT2D eigenvalue weighted by Crippen LogP contribution is -2.29. The summed E-state index contributed by atoms with van der Waals surface area (Å²) in [4.78, 5) is 12.2. The van der Waals surface area contributed by atoms with Crippen LogP contribution in [0.25, 0.3) is 0 Å². The van der Waals surface area contributed by atoms with Crippen molar-refractivity contribution in [3.8, 4) is 5.75 Å². The zero-order valence-electron chi connectivity index (χ0n) is 11.6. The van der Waals surface area contributed by atoms with E-state index in [1.54, 1.807) is 0 Å². The predicted molar refractivity (Wildman–Crippen MR) is 80.8 cm³/mol. The largest absolute Gasteiger partial charge is 0.491 e. The molecule has 0 fully saturated rings. The summed E-state index contributed by atoms with van der Waals surface area (Å²) in [5.74, 6) is 0.604. The van der Waals surface area contributed by atoms with Crippen molar-refractivity contribution in [2.75, 3.05) is 18.5 Å². The van der Waals surface area contributed by atoms with Gasteiger partial charge in [-0.15, -0.1) is 10.2 Å². The first-order chi connectivity index (χ1) is 10.3. The summed E-state index contributed by atoms with van der Waals surface area (Å²) in [5, 5.41) is 15.0. The number of carbonyl (C=O) groups excluding carboxylic acids is 1. The maximum Gasteiger partial charge on any atom is 0.282 e. The van der Waals surface area contributed by atoms with Gasteiger partial charge in [0.15, 0.2) is 0 Å². The third-order valence-electron chi connectivity index (χ3n) is 3.15. The third kappa shape index (κ3) is 2.97. The molecule has 7 heteroatoms. The first-order valence-corrected chi connectivity index (χ1v) is 7.69. The van der Waals surface area contributed by atoms with Crippen LogP contribution >= 0.6 is 11.3 Å². The second-order valence-corrected chi connectivity index (χ2v) is 5.69. The highest BCUT2D eigenvalue weighted by molar-refractivity contribution is 7.17. The highest BCUT2D eigenvalue weighted by Crippen LogP contribution is 2.31. The summed E-state index contributed by atoms with van der Waals surface area (Å²) < 4.78 is 5.55. The van der Waals surface area contributed by atoms with Crippen LogP contribution in [0.4, 0.5) is 5.13 Å². The van der Waals surface area contributed by atoms with Crippen molar-refractivity contribution in [1.29, 1.82) is 0 Å². The molecular weight excluding hydrogens is 288 g/mol. The first-order valence-electron chi connectivity index (χ1n) is 6.88. The molecule has 1 aromatic heterocycles. The van der Waals surface area contributed by atoms with Gasteiger partial charge in [-0.1, -0.05) is 36.5 Å². The highest BCUT2D eigenvalue weighted by Gasteiger charge is 2.26. The van der Waals surface area contributed by atoms with Gasteiger partial charge in [0.05, 0.1) is 6.04 Å². The molecule has 21 heavy (non-hydrogen) atoms. The van der Waals surface area contributed by atoms with Gasteiger partial charge in [0.25, 0.3) is 5.91 Å². The van der Waals surface area contributed by atoms with Crippen molar-refractivity contribution >= 4 is 22.4 Å². The number of hydrogen-bond acceptors (Lipinski definition) is 6. The molecule has 0 saturated carbocycles. The van der Waals surface area contributed by atoms with E-state index in [0.717, 1.165) is 24.3 Å². The van der Waals surface area contributed by atoms with Crippen LogP contribution in [0.15, 0.2) is 24.3 Å². The lowest BCUT2D eigenvalue weighted by Gasteiger charge is -2.09. The average Bonchev–Trinajstić information content (AvgIpc) is 3.13. The fraction of sp³-hybridized carbons (Fsp3) is 0.357. The van der Waals surface area contributed by atoms with Gasteiger partial charge in [-0.25, -0.2) is 0 Å². The lowest BCUT2D eigenvalue weighted by molar-refractivity contribution is 0.0929. The van der Waals surface area contributed by atoms with E-state index in [9.17, 15) is 4.79 Å². The Kier molecular flexibility index (Phi) is 4.01. The Bertz CT molecular complexity index is 643. The zero-order chi connectivity index (χ0) is 14.7. The average molecular weight is 304 g/mol. The van der Waals surface area contributed by atoms with Gasteiger partial charge in [-0.3, -0.25) is 4.79 Å². The minimum Gasteiger partial charge on any atom is -0.491 e. The third-order valence-corrected chi connectivity index (χ3v) is 4.03. The van der Waals surface area contributed by atoms with Crippen LogP contribution in [0.3, 0.4) is 0 Å². The summed E-state index contributed by atoms with van der Waals surface area (Å²) in [5.41, 5.74) is 1.000. The fourth-order valence-electron chi connectivity index (χ4n) is 2.12. The topological polar surface area (TPSA) is 76.1 Å². The van der Waals surface area contributed by atoms with Crippen molar-refractivity contribution in [2.24, 2.45) is 0 Å². The molecule has 0 saturated heterocycles. The van der Waals surface area contributed by atoms with Crippen molar-refractivity contribution in [3.63, 3.8) is 0 Å². The number of benzene rings is 1. The van der Waals surface area contributed by atoms with Gasteiger partial charge < -0.3 is 15.4 Å². The summed E-state index contributed by atoms with van der Waals surface area (Å²) in [6.07, 6.45) is 0.997. The molecule has 0 radical (unpaired) electrons. The van der Waals surface area contributed by atoms with Gasteiger partial charge in [-0.05, 0) is 12.5 Å². The molecule has 2 N–H and O–H groups in total. The Morgan fingerprint density at radius 2 is 2.29 bits per heavy atom. The monoisotopic (exact) mass is 304 g/mol. The van der Waals surface area contributed by atoms with Gasteiger partial charge in [0.2, 0.25) is 10.1 Å². The van der Waals surface area contributed by atoms with Crippen molar-refractivity contribution < 1.29 is 9.53 Å². The second-order valence-electron chi connectivity index (χ2n) is 4.71. The Morgan fingerprint density at radius 1 is 1.43 bits per heavy atom. The number of nitrogens with one attached hydrogen (secondary N) is 2. The number of rotatable bonds is 5. The van der Waals surface area contributed by atoms with E-state index in [4.69, 9.17) is 4.74 Å². The van der Waals surface area contributed by atoms with E-state index < -0.39 is 0 Å². The number of hydrogen-bond donors (Lipinski definition) is 2. The highest BCUT2D eigenvalue weighted by atomic mass is 32.1. The van der Waals surface area contributed by atoms with Gasteiger partial charge in [0.1, 0.15) is 12.4 Å². The molecule has 2 heterocycles. The van der Waals surface area contributed by atoms with Crippen LogP contribution in [0, 0.1) is 0 Å². The molecule has 0 spiro atoms. The van der Waals surface area contributed by atoms with Crippen molar-refractivity contribution in [2.45, 2.75) is 19.4 Å². The number of nitrogens with zero attached hydrogens (tertiary/aromatic N) is 2. The van der Waals surface area contributed by atoms with Crippen molar-refractivity contribution in [1.82, 2.24) is 15.5 Å². The quantitative estimate of drug-likeness (QED) is 0.886. The normalized spacial score (nSPS) is 16.1. The molecule has 1 unspecified atom stereocenters. The molecule has 3 rings (SSSR count). The van der Waals surface area contributed by atoms with Crippen LogP contribution in [0.1, 0.15) is 34.8 Å². The number of carbonyl (C=O) groups is 1.